The normalized spacial score (nSPS) is 18.6. The molecule has 5 rings (SSSR count). The first-order valence-corrected chi connectivity index (χ1v) is 10.9. The summed E-state index contributed by atoms with van der Waals surface area (Å²) in [4.78, 5) is 11.4. The smallest absolute Gasteiger partial charge is 0.225 e. The summed E-state index contributed by atoms with van der Waals surface area (Å²) < 4.78 is 16.5. The number of aliphatic hydroxyl groups is 1. The van der Waals surface area contributed by atoms with Crippen LogP contribution in [-0.2, 0) is 7.05 Å². The van der Waals surface area contributed by atoms with Gasteiger partial charge in [-0.05, 0) is 36.2 Å². The molecule has 1 aliphatic heterocycles. The summed E-state index contributed by atoms with van der Waals surface area (Å²) in [5.74, 6) is 0.128. The van der Waals surface area contributed by atoms with Crippen molar-refractivity contribution >= 4 is 22.5 Å². The highest BCUT2D eigenvalue weighted by atomic mass is 19.1. The van der Waals surface area contributed by atoms with Crippen LogP contribution in [0.4, 0.5) is 16.0 Å². The number of halogens is 1. The molecule has 170 valence electrons. The molecule has 0 spiro atoms. The molecule has 33 heavy (non-hydrogen) atoms. The molecule has 0 saturated carbocycles. The Hall–Kier alpha value is -3.56. The number of rotatable bonds is 4. The first-order valence-electron chi connectivity index (χ1n) is 10.9. The first-order chi connectivity index (χ1) is 15.9. The zero-order valence-corrected chi connectivity index (χ0v) is 18.5. The fourth-order valence-corrected chi connectivity index (χ4v) is 4.28. The summed E-state index contributed by atoms with van der Waals surface area (Å²) in [5.41, 5.74) is 10.4. The predicted molar refractivity (Wildman–Crippen MR) is 127 cm³/mol. The first kappa shape index (κ1) is 21.3. The van der Waals surface area contributed by atoms with Crippen molar-refractivity contribution in [3.05, 3.63) is 54.6 Å². The van der Waals surface area contributed by atoms with Gasteiger partial charge >= 0.3 is 0 Å². The fraction of sp³-hybridized carbons (Fsp3) is 0.292. The number of aliphatic hydroxyl groups excluding tert-OH is 1. The minimum absolute atomic E-state index is 0.255. The number of nitrogens with one attached hydrogen (secondary N) is 1. The topological polar surface area (TPSA) is 105 Å². The Bertz CT molecular complexity index is 1320. The van der Waals surface area contributed by atoms with Crippen molar-refractivity contribution in [1.29, 1.82) is 0 Å². The molecule has 1 fully saturated rings. The van der Waals surface area contributed by atoms with Gasteiger partial charge in [0.05, 0.1) is 29.2 Å². The fourth-order valence-electron chi connectivity index (χ4n) is 4.28. The molecule has 1 aliphatic rings. The second-order valence-electron chi connectivity index (χ2n) is 8.38. The molecule has 2 aromatic heterocycles. The molecule has 1 saturated heterocycles. The van der Waals surface area contributed by atoms with Gasteiger partial charge in [0.1, 0.15) is 5.82 Å². The zero-order valence-electron chi connectivity index (χ0n) is 18.5. The number of benzene rings is 2. The quantitative estimate of drug-likeness (QED) is 0.442. The monoisotopic (exact) mass is 447 g/mol. The van der Waals surface area contributed by atoms with Crippen molar-refractivity contribution in [3.8, 4) is 22.4 Å². The van der Waals surface area contributed by atoms with Gasteiger partial charge in [0.15, 0.2) is 0 Å². The molecule has 9 heteroatoms. The van der Waals surface area contributed by atoms with E-state index in [-0.39, 0.29) is 11.9 Å². The molecule has 0 amide bonds. The lowest BCUT2D eigenvalue weighted by atomic mass is 9.99. The van der Waals surface area contributed by atoms with E-state index in [4.69, 9.17) is 10.7 Å². The van der Waals surface area contributed by atoms with E-state index in [1.807, 2.05) is 47.1 Å². The maximum Gasteiger partial charge on any atom is 0.225 e. The molecule has 2 aromatic carbocycles. The van der Waals surface area contributed by atoms with Crippen molar-refractivity contribution in [2.75, 3.05) is 30.4 Å². The van der Waals surface area contributed by atoms with E-state index in [1.54, 1.807) is 19.3 Å². The SMILES string of the molecule is CNc1ccc(-c2nc(N3CCC(N)C(O)C3)ncc2-c2ccc3c(cnn3C)c2)cc1F. The predicted octanol–water partition coefficient (Wildman–Crippen LogP) is 2.78. The Balaban J connectivity index is 1.63. The molecule has 8 nitrogen and oxygen atoms in total. The van der Waals surface area contributed by atoms with E-state index in [1.165, 1.54) is 6.07 Å². The second-order valence-corrected chi connectivity index (χ2v) is 8.38. The third-order valence-corrected chi connectivity index (χ3v) is 6.26. The highest BCUT2D eigenvalue weighted by Gasteiger charge is 2.27. The molecule has 4 N–H and O–H groups in total. The van der Waals surface area contributed by atoms with Crippen LogP contribution in [-0.4, -0.2) is 57.1 Å². The van der Waals surface area contributed by atoms with Gasteiger partial charge in [-0.25, -0.2) is 14.4 Å². The van der Waals surface area contributed by atoms with Crippen LogP contribution in [0.1, 0.15) is 6.42 Å². The number of aromatic nitrogens is 4. The molecule has 3 heterocycles. The van der Waals surface area contributed by atoms with Gasteiger partial charge in [0.25, 0.3) is 0 Å². The molecule has 2 atom stereocenters. The number of hydrogen-bond donors (Lipinski definition) is 3. The highest BCUT2D eigenvalue weighted by Crippen LogP contribution is 2.34. The van der Waals surface area contributed by atoms with Crippen LogP contribution >= 0.6 is 0 Å². The van der Waals surface area contributed by atoms with Crippen molar-refractivity contribution in [3.63, 3.8) is 0 Å². The summed E-state index contributed by atoms with van der Waals surface area (Å²) in [6, 6.07) is 10.8. The maximum atomic E-state index is 14.7. The number of hydrogen-bond acceptors (Lipinski definition) is 7. The van der Waals surface area contributed by atoms with Crippen molar-refractivity contribution in [2.24, 2.45) is 12.8 Å². The van der Waals surface area contributed by atoms with E-state index in [0.717, 1.165) is 22.0 Å². The summed E-state index contributed by atoms with van der Waals surface area (Å²) >= 11 is 0. The zero-order chi connectivity index (χ0) is 23.1. The van der Waals surface area contributed by atoms with Gasteiger partial charge in [0, 0.05) is 55.9 Å². The Kier molecular flexibility index (Phi) is 5.43. The van der Waals surface area contributed by atoms with Crippen LogP contribution in [0.25, 0.3) is 33.3 Å². The largest absolute Gasteiger partial charge is 0.390 e. The number of anilines is 2. The third-order valence-electron chi connectivity index (χ3n) is 6.26. The number of nitrogens with zero attached hydrogens (tertiary/aromatic N) is 5. The average Bonchev–Trinajstić information content (AvgIpc) is 3.20. The van der Waals surface area contributed by atoms with E-state index >= 15 is 0 Å². The van der Waals surface area contributed by atoms with Gasteiger partial charge in [-0.2, -0.15) is 5.10 Å². The lowest BCUT2D eigenvalue weighted by Crippen LogP contribution is -2.51. The van der Waals surface area contributed by atoms with Crippen molar-refractivity contribution in [1.82, 2.24) is 19.7 Å². The molecular weight excluding hydrogens is 421 g/mol. The van der Waals surface area contributed by atoms with Crippen LogP contribution in [0.5, 0.6) is 0 Å². The van der Waals surface area contributed by atoms with Crippen LogP contribution in [0.3, 0.4) is 0 Å². The van der Waals surface area contributed by atoms with Crippen molar-refractivity contribution in [2.45, 2.75) is 18.6 Å². The van der Waals surface area contributed by atoms with E-state index in [0.29, 0.717) is 42.4 Å². The van der Waals surface area contributed by atoms with Gasteiger partial charge in [-0.1, -0.05) is 12.1 Å². The minimum atomic E-state index is -0.647. The molecule has 4 aromatic rings. The van der Waals surface area contributed by atoms with Crippen LogP contribution in [0, 0.1) is 5.82 Å². The Morgan fingerprint density at radius 3 is 2.73 bits per heavy atom. The summed E-state index contributed by atoms with van der Waals surface area (Å²) in [6.07, 6.45) is 3.57. The number of nitrogens with two attached hydrogens (primary N) is 1. The Labute approximate surface area is 190 Å². The van der Waals surface area contributed by atoms with E-state index in [9.17, 15) is 9.50 Å². The van der Waals surface area contributed by atoms with Crippen LogP contribution in [0.15, 0.2) is 48.8 Å². The Morgan fingerprint density at radius 1 is 1.15 bits per heavy atom. The molecule has 0 bridgehead atoms. The van der Waals surface area contributed by atoms with Gasteiger partial charge in [0.2, 0.25) is 5.95 Å². The number of fused-ring (bicyclic) bond motifs is 1. The molecule has 2 unspecified atom stereocenters. The van der Waals surface area contributed by atoms with Gasteiger partial charge < -0.3 is 21.1 Å². The van der Waals surface area contributed by atoms with Gasteiger partial charge in [-0.15, -0.1) is 0 Å². The Morgan fingerprint density at radius 2 is 1.97 bits per heavy atom. The van der Waals surface area contributed by atoms with Gasteiger partial charge in [-0.3, -0.25) is 4.68 Å². The van der Waals surface area contributed by atoms with E-state index < -0.39 is 6.10 Å². The molecule has 0 aliphatic carbocycles. The molecule has 0 radical (unpaired) electrons. The summed E-state index contributed by atoms with van der Waals surface area (Å²) in [7, 11) is 3.58. The summed E-state index contributed by atoms with van der Waals surface area (Å²) in [5, 5.41) is 18.4. The van der Waals surface area contributed by atoms with Crippen LogP contribution < -0.4 is 16.0 Å². The lowest BCUT2D eigenvalue weighted by molar-refractivity contribution is 0.131. The standard InChI is InChI=1S/C24H26FN7O/c1-27-20-5-3-15(10-18(20)25)23-17(14-4-6-21-16(9-14)11-29-31(21)2)12-28-24(30-23)32-8-7-19(26)22(33)13-32/h3-6,9-12,19,22,27,33H,7-8,13,26H2,1-2H3. The van der Waals surface area contributed by atoms with Crippen molar-refractivity contribution < 1.29 is 9.50 Å². The third kappa shape index (κ3) is 3.90. The number of β-amino-alcohol motifs (C(OH)–C–C–N with tert-alkyl or cyclic N) is 1. The second kappa shape index (κ2) is 8.42. The molecular formula is C24H26FN7O. The average molecular weight is 448 g/mol. The van der Waals surface area contributed by atoms with E-state index in [2.05, 4.69) is 15.4 Å². The number of piperidine rings is 1. The minimum Gasteiger partial charge on any atom is -0.390 e. The lowest BCUT2D eigenvalue weighted by Gasteiger charge is -2.34. The highest BCUT2D eigenvalue weighted by molar-refractivity contribution is 5.88. The maximum absolute atomic E-state index is 14.7. The number of aryl methyl sites for hydroxylation is 1. The van der Waals surface area contributed by atoms with Crippen LogP contribution in [0.2, 0.25) is 0 Å². The summed E-state index contributed by atoms with van der Waals surface area (Å²) in [6.45, 7) is 1.00.